The quantitative estimate of drug-likeness (QED) is 0.509. The summed E-state index contributed by atoms with van der Waals surface area (Å²) in [6.07, 6.45) is 5.35. The van der Waals surface area contributed by atoms with E-state index in [4.69, 9.17) is 9.97 Å². The highest BCUT2D eigenvalue weighted by Crippen LogP contribution is 2.40. The molecule has 0 spiro atoms. The van der Waals surface area contributed by atoms with Gasteiger partial charge in [0.2, 0.25) is 0 Å². The van der Waals surface area contributed by atoms with E-state index >= 15 is 0 Å². The van der Waals surface area contributed by atoms with Crippen molar-refractivity contribution in [2.45, 2.75) is 56.5 Å². The molecule has 7 nitrogen and oxygen atoms in total. The molecule has 2 aromatic rings. The molecule has 1 saturated heterocycles. The van der Waals surface area contributed by atoms with Crippen LogP contribution in [0.2, 0.25) is 0 Å². The Morgan fingerprint density at radius 1 is 1.10 bits per heavy atom. The molecule has 3 heterocycles. The van der Waals surface area contributed by atoms with Crippen LogP contribution in [0, 0.1) is 0 Å². The number of hydrogen-bond acceptors (Lipinski definition) is 7. The maximum absolute atomic E-state index is 4.95. The van der Waals surface area contributed by atoms with Gasteiger partial charge in [-0.25, -0.2) is 19.6 Å². The Labute approximate surface area is 178 Å². The Hall–Kier alpha value is -1.67. The van der Waals surface area contributed by atoms with Crippen LogP contribution < -0.4 is 4.90 Å². The fraction of sp³-hybridized carbons (Fsp3) is 0.714. The zero-order chi connectivity index (χ0) is 20.4. The molecule has 0 aromatic carbocycles. The van der Waals surface area contributed by atoms with Gasteiger partial charge in [-0.1, -0.05) is 32.5 Å². The minimum Gasteiger partial charge on any atom is -0.354 e. The van der Waals surface area contributed by atoms with Gasteiger partial charge in [0.05, 0.1) is 0 Å². The molecular formula is C21H33N7S. The largest absolute Gasteiger partial charge is 0.354 e. The van der Waals surface area contributed by atoms with Crippen LogP contribution in [-0.2, 0) is 12.5 Å². The predicted octanol–water partition coefficient (Wildman–Crippen LogP) is 3.08. The molecule has 4 rings (SSSR count). The minimum absolute atomic E-state index is 0.0120. The van der Waals surface area contributed by atoms with Crippen molar-refractivity contribution in [2.75, 3.05) is 43.4 Å². The second-order valence-corrected chi connectivity index (χ2v) is 10.3. The summed E-state index contributed by atoms with van der Waals surface area (Å²) in [5.74, 6) is 3.85. The van der Waals surface area contributed by atoms with Crippen molar-refractivity contribution < 1.29 is 0 Å². The lowest BCUT2D eigenvalue weighted by Gasteiger charge is -2.36. The van der Waals surface area contributed by atoms with Crippen molar-refractivity contribution in [3.8, 4) is 0 Å². The van der Waals surface area contributed by atoms with E-state index in [-0.39, 0.29) is 5.41 Å². The highest BCUT2D eigenvalue weighted by molar-refractivity contribution is 7.99. The number of thioether (sulfide) groups is 1. The first-order chi connectivity index (χ1) is 13.9. The Morgan fingerprint density at radius 2 is 1.86 bits per heavy atom. The SMILES string of the molecule is Cn1ncnc1SCCCN1CCN(c2cc(C3CC3)nc(C(C)(C)C)n2)CC1. The van der Waals surface area contributed by atoms with Gasteiger partial charge in [0.1, 0.15) is 18.0 Å². The average Bonchev–Trinajstić information content (AvgIpc) is 3.47. The molecule has 8 heteroatoms. The van der Waals surface area contributed by atoms with Crippen LogP contribution >= 0.6 is 11.8 Å². The van der Waals surface area contributed by atoms with Gasteiger partial charge in [0, 0.05) is 62.1 Å². The van der Waals surface area contributed by atoms with Gasteiger partial charge >= 0.3 is 0 Å². The molecule has 0 bridgehead atoms. The van der Waals surface area contributed by atoms with Gasteiger partial charge < -0.3 is 4.90 Å². The lowest BCUT2D eigenvalue weighted by molar-refractivity contribution is 0.258. The van der Waals surface area contributed by atoms with Crippen molar-refractivity contribution in [2.24, 2.45) is 7.05 Å². The zero-order valence-electron chi connectivity index (χ0n) is 18.1. The second kappa shape index (κ2) is 8.60. The number of nitrogens with zero attached hydrogens (tertiary/aromatic N) is 7. The molecule has 158 valence electrons. The second-order valence-electron chi connectivity index (χ2n) is 9.20. The molecule has 0 N–H and O–H groups in total. The Morgan fingerprint density at radius 3 is 2.48 bits per heavy atom. The Kier molecular flexibility index (Phi) is 6.11. The molecule has 0 amide bonds. The van der Waals surface area contributed by atoms with Gasteiger partial charge in [-0.15, -0.1) is 0 Å². The van der Waals surface area contributed by atoms with Crippen LogP contribution in [0.4, 0.5) is 5.82 Å². The summed E-state index contributed by atoms with van der Waals surface area (Å²) in [7, 11) is 1.95. The molecule has 1 aliphatic heterocycles. The van der Waals surface area contributed by atoms with E-state index < -0.39 is 0 Å². The lowest BCUT2D eigenvalue weighted by Crippen LogP contribution is -2.47. The van der Waals surface area contributed by atoms with Crippen molar-refractivity contribution >= 4 is 17.6 Å². The summed E-state index contributed by atoms with van der Waals surface area (Å²) in [4.78, 5) is 19.1. The number of piperazine rings is 1. The molecule has 0 unspecified atom stereocenters. The maximum Gasteiger partial charge on any atom is 0.185 e. The standard InChI is InChI=1S/C21H33N7S/c1-21(2,3)19-24-17(16-6-7-16)14-18(25-19)28-11-9-27(10-12-28)8-5-13-29-20-22-15-23-26(20)4/h14-16H,5-13H2,1-4H3. The van der Waals surface area contributed by atoms with Crippen LogP contribution in [0.3, 0.4) is 0 Å². The summed E-state index contributed by atoms with van der Waals surface area (Å²) in [5, 5.41) is 5.12. The topological polar surface area (TPSA) is 63.0 Å². The van der Waals surface area contributed by atoms with Gasteiger partial charge in [0.25, 0.3) is 0 Å². The van der Waals surface area contributed by atoms with Crippen molar-refractivity contribution in [3.05, 3.63) is 23.9 Å². The van der Waals surface area contributed by atoms with Gasteiger partial charge in [-0.3, -0.25) is 4.90 Å². The number of anilines is 1. The van der Waals surface area contributed by atoms with Crippen LogP contribution in [0.1, 0.15) is 57.5 Å². The van der Waals surface area contributed by atoms with E-state index in [2.05, 4.69) is 46.7 Å². The summed E-state index contributed by atoms with van der Waals surface area (Å²) in [6.45, 7) is 12.1. The van der Waals surface area contributed by atoms with Crippen LogP contribution in [0.5, 0.6) is 0 Å². The predicted molar refractivity (Wildman–Crippen MR) is 118 cm³/mol. The fourth-order valence-corrected chi connectivity index (χ4v) is 4.42. The van der Waals surface area contributed by atoms with E-state index in [0.717, 1.165) is 55.3 Å². The first-order valence-corrected chi connectivity index (χ1v) is 11.7. The van der Waals surface area contributed by atoms with E-state index in [0.29, 0.717) is 5.92 Å². The summed E-state index contributed by atoms with van der Waals surface area (Å²) >= 11 is 1.79. The normalized spacial score (nSPS) is 18.4. The summed E-state index contributed by atoms with van der Waals surface area (Å²) < 4.78 is 1.84. The van der Waals surface area contributed by atoms with Crippen molar-refractivity contribution in [1.29, 1.82) is 0 Å². The minimum atomic E-state index is -0.0120. The third-order valence-corrected chi connectivity index (χ3v) is 6.74. The smallest absolute Gasteiger partial charge is 0.185 e. The monoisotopic (exact) mass is 415 g/mol. The molecular weight excluding hydrogens is 382 g/mol. The van der Waals surface area contributed by atoms with Crippen molar-refractivity contribution in [3.63, 3.8) is 0 Å². The van der Waals surface area contributed by atoms with Gasteiger partial charge in [0.15, 0.2) is 5.16 Å². The number of aryl methyl sites for hydroxylation is 1. The third kappa shape index (κ3) is 5.28. The Bertz CT molecular complexity index is 817. The van der Waals surface area contributed by atoms with Gasteiger partial charge in [-0.05, 0) is 25.8 Å². The molecule has 1 saturated carbocycles. The Balaban J connectivity index is 1.29. The van der Waals surface area contributed by atoms with E-state index in [1.54, 1.807) is 18.1 Å². The first kappa shape index (κ1) is 20.6. The van der Waals surface area contributed by atoms with E-state index in [9.17, 15) is 0 Å². The highest BCUT2D eigenvalue weighted by Gasteiger charge is 2.29. The molecule has 0 radical (unpaired) electrons. The van der Waals surface area contributed by atoms with Crippen LogP contribution in [0.25, 0.3) is 0 Å². The van der Waals surface area contributed by atoms with E-state index in [1.165, 1.54) is 25.0 Å². The number of aromatic nitrogens is 5. The molecule has 29 heavy (non-hydrogen) atoms. The van der Waals surface area contributed by atoms with Gasteiger partial charge in [-0.2, -0.15) is 5.10 Å². The molecule has 2 aromatic heterocycles. The fourth-order valence-electron chi connectivity index (χ4n) is 3.61. The highest BCUT2D eigenvalue weighted by atomic mass is 32.2. The molecule has 2 aliphatic rings. The van der Waals surface area contributed by atoms with Crippen LogP contribution in [-0.4, -0.2) is 68.1 Å². The molecule has 1 aliphatic carbocycles. The molecule has 2 fully saturated rings. The maximum atomic E-state index is 4.95. The zero-order valence-corrected chi connectivity index (χ0v) is 19.0. The number of hydrogen-bond donors (Lipinski definition) is 0. The summed E-state index contributed by atoms with van der Waals surface area (Å²) in [5.41, 5.74) is 1.24. The van der Waals surface area contributed by atoms with Crippen LogP contribution in [0.15, 0.2) is 17.6 Å². The summed E-state index contributed by atoms with van der Waals surface area (Å²) in [6, 6.07) is 2.25. The third-order valence-electron chi connectivity index (χ3n) is 5.61. The first-order valence-electron chi connectivity index (χ1n) is 10.7. The number of rotatable bonds is 7. The average molecular weight is 416 g/mol. The van der Waals surface area contributed by atoms with E-state index in [1.807, 2.05) is 11.7 Å². The lowest BCUT2D eigenvalue weighted by atomic mass is 9.95. The van der Waals surface area contributed by atoms with Crippen molar-refractivity contribution in [1.82, 2.24) is 29.6 Å². The molecule has 0 atom stereocenters.